The summed E-state index contributed by atoms with van der Waals surface area (Å²) in [5.74, 6) is 0. The molecule has 4 nitrogen and oxygen atoms in total. The second kappa shape index (κ2) is 8.06. The molecule has 8 heteroatoms. The Bertz CT molecular complexity index is 262. The highest BCUT2D eigenvalue weighted by molar-refractivity contribution is 8.77. The van der Waals surface area contributed by atoms with Crippen LogP contribution < -0.4 is 43.8 Å². The third kappa shape index (κ3) is 4.08. The minimum atomic E-state index is 0. The largest absolute Gasteiger partial charge is 1.00 e. The number of hydrogen-bond acceptors (Lipinski definition) is 4. The summed E-state index contributed by atoms with van der Waals surface area (Å²) in [5, 5.41) is 0. The Kier molecular flexibility index (Phi) is 8.36. The van der Waals surface area contributed by atoms with E-state index in [4.69, 9.17) is 0 Å². The number of rotatable bonds is 3. The molecule has 18 heavy (non-hydrogen) atoms. The summed E-state index contributed by atoms with van der Waals surface area (Å²) < 4.78 is 0. The van der Waals surface area contributed by atoms with E-state index in [1.165, 1.54) is 9.80 Å². The van der Waals surface area contributed by atoms with E-state index in [0.29, 0.717) is 11.0 Å². The smallest absolute Gasteiger partial charge is 0.225 e. The van der Waals surface area contributed by atoms with Crippen molar-refractivity contribution in [1.29, 1.82) is 0 Å². The lowest BCUT2D eigenvalue weighted by atomic mass is 10.8. The predicted molar refractivity (Wildman–Crippen MR) is 70.3 cm³/mol. The summed E-state index contributed by atoms with van der Waals surface area (Å²) in [6.45, 7) is 0. The molecule has 0 aromatic carbocycles. The van der Waals surface area contributed by atoms with Crippen LogP contribution >= 0.6 is 21.6 Å². The van der Waals surface area contributed by atoms with Gasteiger partial charge in [0.2, 0.25) is 11.0 Å². The monoisotopic (exact) mass is 418 g/mol. The van der Waals surface area contributed by atoms with Gasteiger partial charge >= 0.3 is 0 Å². The average molecular weight is 420 g/mol. The van der Waals surface area contributed by atoms with Crippen molar-refractivity contribution >= 4 is 21.6 Å². The lowest BCUT2D eigenvalue weighted by Crippen LogP contribution is -3.08. The van der Waals surface area contributed by atoms with Crippen molar-refractivity contribution in [1.82, 2.24) is 9.80 Å². The fourth-order valence-electron chi connectivity index (χ4n) is 1.83. The Morgan fingerprint density at radius 1 is 0.833 bits per heavy atom. The lowest BCUT2D eigenvalue weighted by Gasteiger charge is -2.25. The third-order valence-corrected chi connectivity index (χ3v) is 6.21. The van der Waals surface area contributed by atoms with Crippen molar-refractivity contribution in [2.75, 3.05) is 28.2 Å². The summed E-state index contributed by atoms with van der Waals surface area (Å²) in [6.07, 6.45) is 8.71. The number of nitrogens with zero attached hydrogens (tertiary/aromatic N) is 2. The summed E-state index contributed by atoms with van der Waals surface area (Å²) in [7, 11) is 12.6. The highest BCUT2D eigenvalue weighted by atomic mass is 79.9. The van der Waals surface area contributed by atoms with Gasteiger partial charge in [-0.15, -0.1) is 0 Å². The Balaban J connectivity index is 0.00000144. The van der Waals surface area contributed by atoms with Gasteiger partial charge in [0.05, 0.1) is 26.5 Å². The Labute approximate surface area is 138 Å². The molecule has 106 valence electrons. The maximum Gasteiger partial charge on any atom is 0.225 e. The first kappa shape index (κ1) is 18.7. The molecule has 0 amide bonds. The lowest BCUT2D eigenvalue weighted by molar-refractivity contribution is -0.839. The SMILES string of the molecule is CN1C=C[NH+](C)C1SSC1N(C)C=C[NH+]1C.[Br-].[Br-]. The van der Waals surface area contributed by atoms with Gasteiger partial charge in [-0.3, -0.25) is 9.80 Å². The van der Waals surface area contributed by atoms with Crippen molar-refractivity contribution in [2.24, 2.45) is 0 Å². The second-order valence-electron chi connectivity index (χ2n) is 4.35. The molecule has 0 fully saturated rings. The van der Waals surface area contributed by atoms with E-state index in [2.05, 4.69) is 62.8 Å². The van der Waals surface area contributed by atoms with Gasteiger partial charge in [0.1, 0.15) is 12.4 Å². The van der Waals surface area contributed by atoms with Crippen molar-refractivity contribution in [3.8, 4) is 0 Å². The molecule has 2 aliphatic rings. The van der Waals surface area contributed by atoms with E-state index >= 15 is 0 Å². The van der Waals surface area contributed by atoms with Crippen LogP contribution in [0.3, 0.4) is 0 Å². The Morgan fingerprint density at radius 3 is 1.39 bits per heavy atom. The van der Waals surface area contributed by atoms with Gasteiger partial charge in [-0.1, -0.05) is 0 Å². The summed E-state index contributed by atoms with van der Waals surface area (Å²) in [4.78, 5) is 7.41. The van der Waals surface area contributed by atoms with Crippen LogP contribution in [0.25, 0.3) is 0 Å². The average Bonchev–Trinajstić information content (AvgIpc) is 2.72. The van der Waals surface area contributed by atoms with Crippen LogP contribution in [0.4, 0.5) is 0 Å². The van der Waals surface area contributed by atoms with Crippen LogP contribution in [-0.2, 0) is 0 Å². The third-order valence-electron chi connectivity index (χ3n) is 2.90. The molecule has 0 saturated carbocycles. The first-order valence-electron chi connectivity index (χ1n) is 5.39. The Morgan fingerprint density at radius 2 is 1.17 bits per heavy atom. The normalized spacial score (nSPS) is 33.6. The highest BCUT2D eigenvalue weighted by Gasteiger charge is 2.32. The number of hydrogen-bond donors (Lipinski definition) is 2. The first-order chi connectivity index (χ1) is 7.59. The summed E-state index contributed by atoms with van der Waals surface area (Å²) >= 11 is 0. The van der Waals surface area contributed by atoms with Gasteiger partial charge in [0, 0.05) is 35.7 Å². The van der Waals surface area contributed by atoms with Crippen molar-refractivity contribution in [3.05, 3.63) is 24.8 Å². The van der Waals surface area contributed by atoms with E-state index in [-0.39, 0.29) is 34.0 Å². The topological polar surface area (TPSA) is 15.4 Å². The molecule has 2 heterocycles. The molecule has 2 N–H and O–H groups in total. The zero-order valence-corrected chi connectivity index (χ0v) is 15.7. The van der Waals surface area contributed by atoms with E-state index < -0.39 is 0 Å². The quantitative estimate of drug-likeness (QED) is 0.442. The molecular formula is C10H20Br2N4S2. The summed E-state index contributed by atoms with van der Waals surface area (Å²) in [5.41, 5.74) is 0.985. The fourth-order valence-corrected chi connectivity index (χ4v) is 5.27. The van der Waals surface area contributed by atoms with E-state index in [1.807, 2.05) is 21.6 Å². The molecule has 2 aliphatic heterocycles. The van der Waals surface area contributed by atoms with Gasteiger partial charge in [0.15, 0.2) is 0 Å². The second-order valence-corrected chi connectivity index (χ2v) is 6.78. The van der Waals surface area contributed by atoms with Crippen LogP contribution in [0.15, 0.2) is 24.8 Å². The molecule has 4 atom stereocenters. The molecule has 0 radical (unpaired) electrons. The van der Waals surface area contributed by atoms with Gasteiger partial charge < -0.3 is 43.8 Å². The minimum absolute atomic E-state index is 0. The van der Waals surface area contributed by atoms with Crippen LogP contribution in [0.1, 0.15) is 0 Å². The molecule has 0 spiro atoms. The number of nitrogens with one attached hydrogen (secondary N) is 2. The first-order valence-corrected chi connectivity index (χ1v) is 7.66. The zero-order chi connectivity index (χ0) is 11.7. The molecule has 2 rings (SSSR count). The fraction of sp³-hybridized carbons (Fsp3) is 0.600. The highest BCUT2D eigenvalue weighted by Crippen LogP contribution is 2.30. The van der Waals surface area contributed by atoms with Crippen LogP contribution in [0, 0.1) is 0 Å². The maximum atomic E-state index is 2.27. The zero-order valence-electron chi connectivity index (χ0n) is 10.9. The molecule has 0 aromatic rings. The molecule has 0 bridgehead atoms. The van der Waals surface area contributed by atoms with Crippen molar-refractivity contribution in [3.63, 3.8) is 0 Å². The number of quaternary nitrogens is 2. The van der Waals surface area contributed by atoms with Crippen LogP contribution in [0.5, 0.6) is 0 Å². The Hall–Kier alpha value is 0.660. The number of halogens is 2. The standard InChI is InChI=1S/C10H18N4S2.2BrH/c1-11-5-6-12(2)9(11)15-16-10-13(3)7-8-14(10)4;;/h5-10H,1-4H3;2*1H. The van der Waals surface area contributed by atoms with Crippen molar-refractivity contribution in [2.45, 2.75) is 11.0 Å². The van der Waals surface area contributed by atoms with E-state index in [9.17, 15) is 0 Å². The molecule has 0 saturated heterocycles. The van der Waals surface area contributed by atoms with Gasteiger partial charge in [0.25, 0.3) is 0 Å². The molecule has 4 unspecified atom stereocenters. The van der Waals surface area contributed by atoms with Crippen LogP contribution in [0.2, 0.25) is 0 Å². The molecular weight excluding hydrogens is 400 g/mol. The maximum absolute atomic E-state index is 2.27. The summed E-state index contributed by atoms with van der Waals surface area (Å²) in [6, 6.07) is 0. The van der Waals surface area contributed by atoms with E-state index in [0.717, 1.165) is 0 Å². The predicted octanol–water partition coefficient (Wildman–Crippen LogP) is -7.19. The van der Waals surface area contributed by atoms with Crippen LogP contribution in [-0.4, -0.2) is 49.0 Å². The molecule has 0 aliphatic carbocycles. The van der Waals surface area contributed by atoms with Gasteiger partial charge in [-0.05, 0) is 0 Å². The van der Waals surface area contributed by atoms with Gasteiger partial charge in [-0.25, -0.2) is 0 Å². The van der Waals surface area contributed by atoms with Gasteiger partial charge in [-0.2, -0.15) is 0 Å². The molecule has 0 aromatic heterocycles. The van der Waals surface area contributed by atoms with Crippen molar-refractivity contribution < 1.29 is 43.8 Å². The van der Waals surface area contributed by atoms with E-state index in [1.54, 1.807) is 0 Å². The minimum Gasteiger partial charge on any atom is -1.00 e.